The van der Waals surface area contributed by atoms with Crippen molar-refractivity contribution < 1.29 is 4.79 Å². The number of carbonyl (C=O) groups is 1. The lowest BCUT2D eigenvalue weighted by Gasteiger charge is -2.13. The van der Waals surface area contributed by atoms with E-state index in [-0.39, 0.29) is 5.78 Å². The van der Waals surface area contributed by atoms with Crippen molar-refractivity contribution in [3.8, 4) is 0 Å². The first-order chi connectivity index (χ1) is 7.15. The van der Waals surface area contributed by atoms with E-state index in [0.29, 0.717) is 6.42 Å². The number of carbonyl (C=O) groups excluding carboxylic acids is 1. The molecule has 0 aliphatic carbocycles. The molecule has 0 aliphatic rings. The number of hydrogen-bond acceptors (Lipinski definition) is 2. The molecule has 2 heteroatoms. The lowest BCUT2D eigenvalue weighted by atomic mass is 10.1. The van der Waals surface area contributed by atoms with Gasteiger partial charge >= 0.3 is 0 Å². The van der Waals surface area contributed by atoms with Gasteiger partial charge in [0, 0.05) is 18.7 Å². The summed E-state index contributed by atoms with van der Waals surface area (Å²) in [7, 11) is 0. The number of para-hydroxylation sites is 1. The fourth-order valence-electron chi connectivity index (χ4n) is 1.64. The zero-order valence-electron chi connectivity index (χ0n) is 9.76. The van der Waals surface area contributed by atoms with Gasteiger partial charge in [-0.25, -0.2) is 0 Å². The average Bonchev–Trinajstić information content (AvgIpc) is 2.20. The van der Waals surface area contributed by atoms with Crippen LogP contribution in [0.2, 0.25) is 0 Å². The van der Waals surface area contributed by atoms with Crippen molar-refractivity contribution in [1.82, 2.24) is 0 Å². The van der Waals surface area contributed by atoms with Gasteiger partial charge in [-0.1, -0.05) is 25.1 Å². The molecule has 0 radical (unpaired) electrons. The first-order valence-corrected chi connectivity index (χ1v) is 5.47. The maximum absolute atomic E-state index is 10.8. The maximum atomic E-state index is 10.8. The predicted octanol–water partition coefficient (Wildman–Crippen LogP) is 2.95. The largest absolute Gasteiger partial charge is 0.384 e. The van der Waals surface area contributed by atoms with Gasteiger partial charge in [-0.05, 0) is 31.4 Å². The van der Waals surface area contributed by atoms with Gasteiger partial charge in [0.15, 0.2) is 0 Å². The topological polar surface area (TPSA) is 29.1 Å². The Balaban J connectivity index is 2.70. The van der Waals surface area contributed by atoms with E-state index >= 15 is 0 Å². The third-order valence-corrected chi connectivity index (χ3v) is 2.52. The molecule has 0 saturated heterocycles. The van der Waals surface area contributed by atoms with Crippen molar-refractivity contribution in [1.29, 1.82) is 0 Å². The Bertz CT molecular complexity index is 344. The van der Waals surface area contributed by atoms with E-state index in [1.807, 2.05) is 0 Å². The molecule has 1 N–H and O–H groups in total. The van der Waals surface area contributed by atoms with Crippen LogP contribution in [0.3, 0.4) is 0 Å². The van der Waals surface area contributed by atoms with E-state index < -0.39 is 0 Å². The maximum Gasteiger partial charge on any atom is 0.131 e. The second-order valence-electron chi connectivity index (χ2n) is 3.84. The monoisotopic (exact) mass is 205 g/mol. The molecule has 1 aromatic carbocycles. The van der Waals surface area contributed by atoms with Crippen LogP contribution in [0.15, 0.2) is 18.2 Å². The zero-order valence-corrected chi connectivity index (χ0v) is 9.76. The fourth-order valence-corrected chi connectivity index (χ4v) is 1.64. The van der Waals surface area contributed by atoms with Crippen LogP contribution in [0.25, 0.3) is 0 Å². The molecule has 0 heterocycles. The number of ketones is 1. The minimum Gasteiger partial charge on any atom is -0.384 e. The van der Waals surface area contributed by atoms with Crippen LogP contribution in [0.5, 0.6) is 0 Å². The Kier molecular flexibility index (Phi) is 4.35. The molecule has 0 bridgehead atoms. The second-order valence-corrected chi connectivity index (χ2v) is 3.84. The standard InChI is InChI=1S/C13H19NO/c1-4-12-7-5-6-10(2)13(12)14-9-8-11(3)15/h5-7,14H,4,8-9H2,1-3H3. The number of hydrogen-bond donors (Lipinski definition) is 1. The number of aryl methyl sites for hydroxylation is 2. The quantitative estimate of drug-likeness (QED) is 0.800. The van der Waals surface area contributed by atoms with Gasteiger partial charge in [-0.3, -0.25) is 4.79 Å². The van der Waals surface area contributed by atoms with Crippen molar-refractivity contribution in [3.05, 3.63) is 29.3 Å². The first kappa shape index (κ1) is 11.8. The number of anilines is 1. The van der Waals surface area contributed by atoms with Crippen LogP contribution in [0, 0.1) is 6.92 Å². The zero-order chi connectivity index (χ0) is 11.3. The number of rotatable bonds is 5. The summed E-state index contributed by atoms with van der Waals surface area (Å²) in [5.74, 6) is 0.231. The van der Waals surface area contributed by atoms with Crippen LogP contribution in [-0.2, 0) is 11.2 Å². The van der Waals surface area contributed by atoms with E-state index in [1.165, 1.54) is 16.8 Å². The highest BCUT2D eigenvalue weighted by Gasteiger charge is 2.03. The molecule has 0 amide bonds. The van der Waals surface area contributed by atoms with Gasteiger partial charge in [0.05, 0.1) is 0 Å². The van der Waals surface area contributed by atoms with Gasteiger partial charge in [-0.15, -0.1) is 0 Å². The van der Waals surface area contributed by atoms with E-state index in [0.717, 1.165) is 13.0 Å². The number of Topliss-reactive ketones (excluding diaryl/α,β-unsaturated/α-hetero) is 1. The first-order valence-electron chi connectivity index (χ1n) is 5.47. The number of nitrogens with one attached hydrogen (secondary N) is 1. The van der Waals surface area contributed by atoms with Crippen molar-refractivity contribution >= 4 is 11.5 Å². The van der Waals surface area contributed by atoms with Crippen LogP contribution in [0.4, 0.5) is 5.69 Å². The Morgan fingerprint density at radius 1 is 1.40 bits per heavy atom. The minimum absolute atomic E-state index is 0.231. The summed E-state index contributed by atoms with van der Waals surface area (Å²) >= 11 is 0. The van der Waals surface area contributed by atoms with Gasteiger partial charge in [0.25, 0.3) is 0 Å². The summed E-state index contributed by atoms with van der Waals surface area (Å²) in [4.78, 5) is 10.8. The van der Waals surface area contributed by atoms with Crippen molar-refractivity contribution in [2.75, 3.05) is 11.9 Å². The molecule has 1 aromatic rings. The molecular formula is C13H19NO. The van der Waals surface area contributed by atoms with Gasteiger partial charge in [0.1, 0.15) is 5.78 Å². The SMILES string of the molecule is CCc1cccc(C)c1NCCC(C)=O. The van der Waals surface area contributed by atoms with Crippen LogP contribution in [0.1, 0.15) is 31.4 Å². The molecule has 0 fully saturated rings. The molecule has 0 unspecified atom stereocenters. The molecular weight excluding hydrogens is 186 g/mol. The summed E-state index contributed by atoms with van der Waals surface area (Å²) in [5.41, 5.74) is 3.76. The third-order valence-electron chi connectivity index (χ3n) is 2.52. The molecule has 0 atom stereocenters. The van der Waals surface area contributed by atoms with Crippen molar-refractivity contribution in [3.63, 3.8) is 0 Å². The molecule has 0 aromatic heterocycles. The van der Waals surface area contributed by atoms with Crippen LogP contribution >= 0.6 is 0 Å². The second kappa shape index (κ2) is 5.54. The molecule has 0 spiro atoms. The Hall–Kier alpha value is -1.31. The normalized spacial score (nSPS) is 10.1. The van der Waals surface area contributed by atoms with Gasteiger partial charge in [0.2, 0.25) is 0 Å². The Labute approximate surface area is 91.7 Å². The molecule has 1 rings (SSSR count). The van der Waals surface area contributed by atoms with Gasteiger partial charge in [-0.2, -0.15) is 0 Å². The number of benzene rings is 1. The molecule has 15 heavy (non-hydrogen) atoms. The summed E-state index contributed by atoms with van der Waals surface area (Å²) < 4.78 is 0. The summed E-state index contributed by atoms with van der Waals surface area (Å²) in [5, 5.41) is 3.34. The minimum atomic E-state index is 0.231. The summed E-state index contributed by atoms with van der Waals surface area (Å²) in [6, 6.07) is 6.29. The molecule has 2 nitrogen and oxygen atoms in total. The third kappa shape index (κ3) is 3.39. The Morgan fingerprint density at radius 2 is 2.13 bits per heavy atom. The molecule has 82 valence electrons. The Morgan fingerprint density at radius 3 is 2.73 bits per heavy atom. The summed E-state index contributed by atoms with van der Waals surface area (Å²) in [6.07, 6.45) is 1.61. The lowest BCUT2D eigenvalue weighted by molar-refractivity contribution is -0.116. The highest BCUT2D eigenvalue weighted by molar-refractivity contribution is 5.76. The highest BCUT2D eigenvalue weighted by Crippen LogP contribution is 2.20. The van der Waals surface area contributed by atoms with E-state index in [1.54, 1.807) is 6.92 Å². The molecule has 0 saturated carbocycles. The van der Waals surface area contributed by atoms with Crippen LogP contribution < -0.4 is 5.32 Å². The van der Waals surface area contributed by atoms with E-state index in [4.69, 9.17) is 0 Å². The average molecular weight is 205 g/mol. The van der Waals surface area contributed by atoms with Crippen LogP contribution in [-0.4, -0.2) is 12.3 Å². The fraction of sp³-hybridized carbons (Fsp3) is 0.462. The van der Waals surface area contributed by atoms with E-state index in [9.17, 15) is 4.79 Å². The van der Waals surface area contributed by atoms with Crippen molar-refractivity contribution in [2.24, 2.45) is 0 Å². The van der Waals surface area contributed by atoms with E-state index in [2.05, 4.69) is 37.4 Å². The molecule has 0 aliphatic heterocycles. The summed E-state index contributed by atoms with van der Waals surface area (Å²) in [6.45, 7) is 6.59. The predicted molar refractivity (Wildman–Crippen MR) is 64.3 cm³/mol. The lowest BCUT2D eigenvalue weighted by Crippen LogP contribution is -2.08. The smallest absolute Gasteiger partial charge is 0.131 e. The van der Waals surface area contributed by atoms with Gasteiger partial charge < -0.3 is 5.32 Å². The van der Waals surface area contributed by atoms with Crippen molar-refractivity contribution in [2.45, 2.75) is 33.6 Å². The highest BCUT2D eigenvalue weighted by atomic mass is 16.1.